The summed E-state index contributed by atoms with van der Waals surface area (Å²) in [5.41, 5.74) is 0.229. The van der Waals surface area contributed by atoms with E-state index >= 15 is 0 Å². The molecule has 0 unspecified atom stereocenters. The van der Waals surface area contributed by atoms with E-state index in [0.29, 0.717) is 5.75 Å². The molecule has 0 radical (unpaired) electrons. The normalized spacial score (nSPS) is 10.7. The number of benzene rings is 1. The summed E-state index contributed by atoms with van der Waals surface area (Å²) >= 11 is 0. The van der Waals surface area contributed by atoms with Gasteiger partial charge in [-0.25, -0.2) is 4.79 Å². The zero-order valence-electron chi connectivity index (χ0n) is 13.5. The zero-order valence-corrected chi connectivity index (χ0v) is 13.5. The first-order valence-electron chi connectivity index (χ1n) is 7.06. The first-order valence-corrected chi connectivity index (χ1v) is 7.06. The fourth-order valence-electron chi connectivity index (χ4n) is 1.63. The van der Waals surface area contributed by atoms with Crippen molar-refractivity contribution in [1.82, 2.24) is 5.32 Å². The first-order chi connectivity index (χ1) is 10.3. The lowest BCUT2D eigenvalue weighted by atomic mass is 10.2. The first kappa shape index (κ1) is 17.8. The van der Waals surface area contributed by atoms with Gasteiger partial charge in [0.2, 0.25) is 0 Å². The number of esters is 1. The van der Waals surface area contributed by atoms with Crippen LogP contribution >= 0.6 is 0 Å². The Morgan fingerprint density at radius 3 is 2.50 bits per heavy atom. The van der Waals surface area contributed by atoms with E-state index < -0.39 is 17.7 Å². The average molecular weight is 309 g/mol. The lowest BCUT2D eigenvalue weighted by Gasteiger charge is -2.19. The van der Waals surface area contributed by atoms with Gasteiger partial charge in [-0.05, 0) is 26.8 Å². The highest BCUT2D eigenvalue weighted by atomic mass is 16.6. The molecule has 1 rings (SSSR count). The van der Waals surface area contributed by atoms with E-state index in [1.54, 1.807) is 33.9 Å². The number of hydrogen-bond donors (Lipinski definition) is 1. The molecule has 122 valence electrons. The zero-order chi connectivity index (χ0) is 16.6. The van der Waals surface area contributed by atoms with Crippen molar-refractivity contribution >= 4 is 12.1 Å². The molecule has 0 heterocycles. The molecule has 0 aliphatic rings. The minimum absolute atomic E-state index is 0.0778. The maximum Gasteiger partial charge on any atom is 0.407 e. The average Bonchev–Trinajstić information content (AvgIpc) is 2.43. The highest BCUT2D eigenvalue weighted by Gasteiger charge is 2.16. The Hall–Kier alpha value is -2.24. The van der Waals surface area contributed by atoms with Gasteiger partial charge in [0.1, 0.15) is 18.0 Å². The topological polar surface area (TPSA) is 73.9 Å². The van der Waals surface area contributed by atoms with Crippen LogP contribution in [0.3, 0.4) is 0 Å². The van der Waals surface area contributed by atoms with Crippen molar-refractivity contribution in [2.75, 3.05) is 13.7 Å². The van der Waals surface area contributed by atoms with Crippen LogP contribution < -0.4 is 10.1 Å². The van der Waals surface area contributed by atoms with Gasteiger partial charge in [0.15, 0.2) is 0 Å². The van der Waals surface area contributed by atoms with Crippen LogP contribution in [0.5, 0.6) is 5.75 Å². The molecule has 0 bridgehead atoms. The number of amides is 1. The number of methoxy groups -OCH3 is 1. The van der Waals surface area contributed by atoms with Crippen LogP contribution in [0.2, 0.25) is 0 Å². The predicted molar refractivity (Wildman–Crippen MR) is 81.6 cm³/mol. The van der Waals surface area contributed by atoms with Crippen molar-refractivity contribution in [3.8, 4) is 5.75 Å². The Morgan fingerprint density at radius 1 is 1.18 bits per heavy atom. The monoisotopic (exact) mass is 309 g/mol. The minimum Gasteiger partial charge on any atom is -0.496 e. The molecule has 22 heavy (non-hydrogen) atoms. The van der Waals surface area contributed by atoms with Crippen molar-refractivity contribution in [2.45, 2.75) is 39.4 Å². The van der Waals surface area contributed by atoms with Crippen molar-refractivity contribution in [1.29, 1.82) is 0 Å². The molecule has 0 saturated carbocycles. The summed E-state index contributed by atoms with van der Waals surface area (Å²) < 4.78 is 15.4. The number of hydrogen-bond acceptors (Lipinski definition) is 5. The van der Waals surface area contributed by atoms with Gasteiger partial charge in [-0.2, -0.15) is 0 Å². The third-order valence-corrected chi connectivity index (χ3v) is 2.58. The van der Waals surface area contributed by atoms with E-state index in [2.05, 4.69) is 5.32 Å². The van der Waals surface area contributed by atoms with Gasteiger partial charge in [-0.1, -0.05) is 18.2 Å². The molecule has 0 saturated heterocycles. The van der Waals surface area contributed by atoms with Crippen LogP contribution in [0.15, 0.2) is 24.3 Å². The number of para-hydroxylation sites is 1. The lowest BCUT2D eigenvalue weighted by Crippen LogP contribution is -2.33. The van der Waals surface area contributed by atoms with E-state index in [-0.39, 0.29) is 19.6 Å². The summed E-state index contributed by atoms with van der Waals surface area (Å²) in [5, 5.41) is 2.50. The van der Waals surface area contributed by atoms with Gasteiger partial charge in [-0.15, -0.1) is 0 Å². The summed E-state index contributed by atoms with van der Waals surface area (Å²) in [6, 6.07) is 7.31. The second kappa shape index (κ2) is 8.26. The predicted octanol–water partition coefficient (Wildman–Crippen LogP) is 2.65. The molecule has 6 heteroatoms. The highest BCUT2D eigenvalue weighted by molar-refractivity contribution is 5.72. The van der Waals surface area contributed by atoms with Crippen LogP contribution in [-0.4, -0.2) is 31.3 Å². The van der Waals surface area contributed by atoms with E-state index in [4.69, 9.17) is 14.2 Å². The molecular formula is C16H23NO5. The lowest BCUT2D eigenvalue weighted by molar-refractivity contribution is -0.144. The quantitative estimate of drug-likeness (QED) is 0.818. The fraction of sp³-hybridized carbons (Fsp3) is 0.500. The molecule has 6 nitrogen and oxygen atoms in total. The number of carbonyl (C=O) groups is 2. The summed E-state index contributed by atoms with van der Waals surface area (Å²) in [6.45, 7) is 5.62. The number of carbonyl (C=O) groups excluding carboxylic acids is 2. The van der Waals surface area contributed by atoms with Crippen LogP contribution in [0.4, 0.5) is 4.79 Å². The Kier molecular flexibility index (Phi) is 6.69. The fourth-order valence-corrected chi connectivity index (χ4v) is 1.63. The number of ether oxygens (including phenoxy) is 3. The van der Waals surface area contributed by atoms with Crippen molar-refractivity contribution < 1.29 is 23.8 Å². The minimum atomic E-state index is -0.561. The highest BCUT2D eigenvalue weighted by Crippen LogP contribution is 2.18. The molecule has 1 amide bonds. The molecule has 0 spiro atoms. The van der Waals surface area contributed by atoms with Gasteiger partial charge in [-0.3, -0.25) is 4.79 Å². The van der Waals surface area contributed by atoms with Crippen molar-refractivity contribution in [2.24, 2.45) is 0 Å². The number of alkyl carbamates (subject to hydrolysis) is 1. The van der Waals surface area contributed by atoms with E-state index in [1.807, 2.05) is 18.2 Å². The summed E-state index contributed by atoms with van der Waals surface area (Å²) in [4.78, 5) is 23.0. The SMILES string of the molecule is COc1ccccc1COC(=O)CCNC(=O)OC(C)(C)C. The van der Waals surface area contributed by atoms with Crippen LogP contribution in [0.25, 0.3) is 0 Å². The Bertz CT molecular complexity index is 508. The molecule has 0 aliphatic carbocycles. The summed E-state index contributed by atoms with van der Waals surface area (Å²) in [5.74, 6) is 0.268. The standard InChI is InChI=1S/C16H23NO5/c1-16(2,3)22-15(19)17-10-9-14(18)21-11-12-7-5-6-8-13(12)20-4/h5-8H,9-11H2,1-4H3,(H,17,19). The molecule has 0 aliphatic heterocycles. The maximum absolute atomic E-state index is 11.6. The van der Waals surface area contributed by atoms with Gasteiger partial charge in [0.25, 0.3) is 0 Å². The van der Waals surface area contributed by atoms with Crippen LogP contribution in [0.1, 0.15) is 32.8 Å². The number of rotatable bonds is 6. The van der Waals surface area contributed by atoms with Gasteiger partial charge in [0.05, 0.1) is 13.5 Å². The molecule has 0 atom stereocenters. The number of nitrogens with one attached hydrogen (secondary N) is 1. The maximum atomic E-state index is 11.6. The third kappa shape index (κ3) is 6.97. The second-order valence-corrected chi connectivity index (χ2v) is 5.65. The van der Waals surface area contributed by atoms with Gasteiger partial charge >= 0.3 is 12.1 Å². The molecule has 1 aromatic carbocycles. The molecule has 0 fully saturated rings. The van der Waals surface area contributed by atoms with E-state index in [1.165, 1.54) is 0 Å². The Morgan fingerprint density at radius 2 is 1.86 bits per heavy atom. The van der Waals surface area contributed by atoms with E-state index in [9.17, 15) is 9.59 Å². The largest absolute Gasteiger partial charge is 0.496 e. The van der Waals surface area contributed by atoms with Gasteiger partial charge in [0, 0.05) is 12.1 Å². The van der Waals surface area contributed by atoms with Crippen LogP contribution in [-0.2, 0) is 20.9 Å². The van der Waals surface area contributed by atoms with Crippen molar-refractivity contribution in [3.05, 3.63) is 29.8 Å². The van der Waals surface area contributed by atoms with Crippen molar-refractivity contribution in [3.63, 3.8) is 0 Å². The molecule has 1 aromatic rings. The van der Waals surface area contributed by atoms with E-state index in [0.717, 1.165) is 5.56 Å². The molecule has 0 aromatic heterocycles. The summed E-state index contributed by atoms with van der Waals surface area (Å²) in [7, 11) is 1.56. The van der Waals surface area contributed by atoms with Crippen LogP contribution in [0, 0.1) is 0 Å². The Balaban J connectivity index is 2.28. The Labute approximate surface area is 130 Å². The molecule has 1 N–H and O–H groups in total. The summed E-state index contributed by atoms with van der Waals surface area (Å²) in [6.07, 6.45) is -0.473. The van der Waals surface area contributed by atoms with Gasteiger partial charge < -0.3 is 19.5 Å². The third-order valence-electron chi connectivity index (χ3n) is 2.58. The molecular weight excluding hydrogens is 286 g/mol. The smallest absolute Gasteiger partial charge is 0.407 e. The second-order valence-electron chi connectivity index (χ2n) is 5.65.